The van der Waals surface area contributed by atoms with Gasteiger partial charge in [0.15, 0.2) is 11.6 Å². The van der Waals surface area contributed by atoms with Gasteiger partial charge in [0.25, 0.3) is 0 Å². The number of aliphatic imine (C=N–C) groups is 1. The second-order valence-electron chi connectivity index (χ2n) is 7.08. The summed E-state index contributed by atoms with van der Waals surface area (Å²) in [5.41, 5.74) is 3.82. The van der Waals surface area contributed by atoms with Gasteiger partial charge in [-0.1, -0.05) is 60.2 Å². The molecule has 4 nitrogen and oxygen atoms in total. The van der Waals surface area contributed by atoms with Crippen LogP contribution in [-0.2, 0) is 4.79 Å². The Hall–Kier alpha value is -2.97. The molecule has 2 aromatic carbocycles. The number of Topliss-reactive ketones (excluding diaryl/α,β-unsaturated/α-hetero) is 2. The SMILES string of the molecule is CC(=O)C1=C(C)N=C(SCC(=O)c2ccc(C)cc2)C(C#N)[C@H]1c1ccccc1. The molecular weight excluding hydrogens is 380 g/mol. The molecule has 0 bridgehead atoms. The smallest absolute Gasteiger partial charge is 0.173 e. The van der Waals surface area contributed by atoms with E-state index in [4.69, 9.17) is 0 Å². The maximum absolute atomic E-state index is 12.6. The van der Waals surface area contributed by atoms with Gasteiger partial charge in [-0.2, -0.15) is 5.26 Å². The zero-order valence-corrected chi connectivity index (χ0v) is 17.5. The number of nitrogens with zero attached hydrogens (tertiary/aromatic N) is 2. The molecule has 0 saturated heterocycles. The Kier molecular flexibility index (Phi) is 6.46. The number of aryl methyl sites for hydroxylation is 1. The molecular formula is C24H22N2O2S. The van der Waals surface area contributed by atoms with Crippen molar-refractivity contribution in [1.82, 2.24) is 0 Å². The van der Waals surface area contributed by atoms with Crippen LogP contribution in [0.25, 0.3) is 0 Å². The molecule has 0 N–H and O–H groups in total. The third kappa shape index (κ3) is 4.55. The molecule has 1 unspecified atom stereocenters. The Balaban J connectivity index is 1.90. The number of ketones is 2. The van der Waals surface area contributed by atoms with Crippen LogP contribution in [0.15, 0.2) is 70.9 Å². The van der Waals surface area contributed by atoms with Crippen LogP contribution in [0.1, 0.15) is 41.3 Å². The number of benzene rings is 2. The van der Waals surface area contributed by atoms with E-state index in [0.717, 1.165) is 11.1 Å². The lowest BCUT2D eigenvalue weighted by Gasteiger charge is -2.29. The molecule has 3 rings (SSSR count). The number of allylic oxidation sites excluding steroid dienone is 2. The predicted octanol–water partition coefficient (Wildman–Crippen LogP) is 5.11. The normalized spacial score (nSPS) is 18.8. The quantitative estimate of drug-likeness (QED) is 0.652. The Morgan fingerprint density at radius 1 is 1.07 bits per heavy atom. The van der Waals surface area contributed by atoms with Crippen LogP contribution in [0.2, 0.25) is 0 Å². The van der Waals surface area contributed by atoms with Crippen LogP contribution in [-0.4, -0.2) is 22.4 Å². The van der Waals surface area contributed by atoms with Crippen molar-refractivity contribution in [2.24, 2.45) is 10.9 Å². The molecule has 0 radical (unpaired) electrons. The zero-order chi connectivity index (χ0) is 21.0. The van der Waals surface area contributed by atoms with Gasteiger partial charge in [0.05, 0.1) is 16.9 Å². The standard InChI is InChI=1S/C24H22N2O2S/c1-15-9-11-18(12-10-15)21(28)14-29-24-20(13-25)23(19-7-5-4-6-8-19)22(17(3)27)16(2)26-24/h4-12,20,23H,14H2,1-3H3/t20?,23-/m1/s1. The van der Waals surface area contributed by atoms with Crippen LogP contribution in [0, 0.1) is 24.2 Å². The van der Waals surface area contributed by atoms with Gasteiger partial charge in [-0.3, -0.25) is 9.59 Å². The lowest BCUT2D eigenvalue weighted by Crippen LogP contribution is -2.28. The van der Waals surface area contributed by atoms with Gasteiger partial charge >= 0.3 is 0 Å². The summed E-state index contributed by atoms with van der Waals surface area (Å²) < 4.78 is 0. The van der Waals surface area contributed by atoms with Gasteiger partial charge in [0.2, 0.25) is 0 Å². The first-order valence-electron chi connectivity index (χ1n) is 9.40. The highest BCUT2D eigenvalue weighted by Crippen LogP contribution is 2.41. The fraction of sp³-hybridized carbons (Fsp3) is 0.250. The summed E-state index contributed by atoms with van der Waals surface area (Å²) in [6, 6.07) is 19.3. The van der Waals surface area contributed by atoms with E-state index in [2.05, 4.69) is 11.1 Å². The Morgan fingerprint density at radius 3 is 2.31 bits per heavy atom. The molecule has 1 aliphatic heterocycles. The van der Waals surface area contributed by atoms with Crippen LogP contribution >= 0.6 is 11.8 Å². The highest BCUT2D eigenvalue weighted by Gasteiger charge is 2.37. The van der Waals surface area contributed by atoms with E-state index in [1.807, 2.05) is 61.5 Å². The maximum atomic E-state index is 12.6. The van der Waals surface area contributed by atoms with Gasteiger partial charge in [-0.25, -0.2) is 4.99 Å². The Labute approximate surface area is 175 Å². The first-order valence-corrected chi connectivity index (χ1v) is 10.4. The van der Waals surface area contributed by atoms with Crippen molar-refractivity contribution in [2.75, 3.05) is 5.75 Å². The van der Waals surface area contributed by atoms with E-state index >= 15 is 0 Å². The molecule has 0 spiro atoms. The molecule has 0 saturated carbocycles. The molecule has 0 amide bonds. The van der Waals surface area contributed by atoms with E-state index < -0.39 is 5.92 Å². The number of rotatable bonds is 5. The maximum Gasteiger partial charge on any atom is 0.173 e. The molecule has 2 atom stereocenters. The highest BCUT2D eigenvalue weighted by molar-refractivity contribution is 8.14. The Morgan fingerprint density at radius 2 is 1.72 bits per heavy atom. The van der Waals surface area contributed by atoms with E-state index in [1.54, 1.807) is 6.92 Å². The van der Waals surface area contributed by atoms with Crippen molar-refractivity contribution < 1.29 is 9.59 Å². The molecule has 29 heavy (non-hydrogen) atoms. The van der Waals surface area contributed by atoms with Crippen molar-refractivity contribution in [2.45, 2.75) is 26.7 Å². The number of hydrogen-bond donors (Lipinski definition) is 0. The van der Waals surface area contributed by atoms with Gasteiger partial charge in [-0.15, -0.1) is 11.8 Å². The van der Waals surface area contributed by atoms with E-state index in [0.29, 0.717) is 21.9 Å². The molecule has 5 heteroatoms. The predicted molar refractivity (Wildman–Crippen MR) is 117 cm³/mol. The summed E-state index contributed by atoms with van der Waals surface area (Å²) in [5.74, 6) is -0.877. The number of carbonyl (C=O) groups is 2. The van der Waals surface area contributed by atoms with Crippen molar-refractivity contribution in [3.63, 3.8) is 0 Å². The lowest BCUT2D eigenvalue weighted by atomic mass is 9.78. The zero-order valence-electron chi connectivity index (χ0n) is 16.7. The number of thioether (sulfide) groups is 1. The largest absolute Gasteiger partial charge is 0.295 e. The third-order valence-corrected chi connectivity index (χ3v) is 6.03. The van der Waals surface area contributed by atoms with Crippen molar-refractivity contribution in [3.05, 3.63) is 82.6 Å². The van der Waals surface area contributed by atoms with E-state index in [1.165, 1.54) is 18.7 Å². The first kappa shape index (κ1) is 20.8. The van der Waals surface area contributed by atoms with Gasteiger partial charge < -0.3 is 0 Å². The van der Waals surface area contributed by atoms with E-state index in [-0.39, 0.29) is 23.2 Å². The fourth-order valence-corrected chi connectivity index (χ4v) is 4.55. The summed E-state index contributed by atoms with van der Waals surface area (Å²) in [6.45, 7) is 5.28. The minimum atomic E-state index is -0.601. The van der Waals surface area contributed by atoms with Gasteiger partial charge in [0, 0.05) is 22.8 Å². The first-order chi connectivity index (χ1) is 13.9. The van der Waals surface area contributed by atoms with Crippen LogP contribution in [0.4, 0.5) is 0 Å². The van der Waals surface area contributed by atoms with Gasteiger partial charge in [-0.05, 0) is 26.3 Å². The number of hydrogen-bond acceptors (Lipinski definition) is 5. The second-order valence-corrected chi connectivity index (χ2v) is 8.07. The molecule has 1 heterocycles. The molecule has 0 fully saturated rings. The van der Waals surface area contributed by atoms with Gasteiger partial charge in [0.1, 0.15) is 5.92 Å². The third-order valence-electron chi connectivity index (χ3n) is 4.98. The lowest BCUT2D eigenvalue weighted by molar-refractivity contribution is -0.114. The molecule has 0 aliphatic carbocycles. The molecule has 0 aromatic heterocycles. The second kappa shape index (κ2) is 9.02. The molecule has 2 aromatic rings. The van der Waals surface area contributed by atoms with Crippen LogP contribution < -0.4 is 0 Å². The van der Waals surface area contributed by atoms with Crippen LogP contribution in [0.5, 0.6) is 0 Å². The summed E-state index contributed by atoms with van der Waals surface area (Å²) in [6.07, 6.45) is 0. The molecule has 146 valence electrons. The van der Waals surface area contributed by atoms with E-state index in [9.17, 15) is 14.9 Å². The topological polar surface area (TPSA) is 70.3 Å². The van der Waals surface area contributed by atoms with Crippen LogP contribution in [0.3, 0.4) is 0 Å². The minimum Gasteiger partial charge on any atom is -0.295 e. The molecule has 1 aliphatic rings. The summed E-state index contributed by atoms with van der Waals surface area (Å²) in [4.78, 5) is 29.5. The number of carbonyl (C=O) groups excluding carboxylic acids is 2. The van der Waals surface area contributed by atoms with Crippen molar-refractivity contribution >= 4 is 28.4 Å². The fourth-order valence-electron chi connectivity index (χ4n) is 3.54. The minimum absolute atomic E-state index is 0.00958. The van der Waals surface area contributed by atoms with Crippen molar-refractivity contribution in [3.8, 4) is 6.07 Å². The average Bonchev–Trinajstić information content (AvgIpc) is 2.72. The Bertz CT molecular complexity index is 1030. The highest BCUT2D eigenvalue weighted by atomic mass is 32.2. The summed E-state index contributed by atoms with van der Waals surface area (Å²) >= 11 is 1.29. The van der Waals surface area contributed by atoms with Crippen molar-refractivity contribution in [1.29, 1.82) is 5.26 Å². The summed E-state index contributed by atoms with van der Waals surface area (Å²) in [5, 5.41) is 10.5. The summed E-state index contributed by atoms with van der Waals surface area (Å²) in [7, 11) is 0. The monoisotopic (exact) mass is 402 g/mol. The number of nitriles is 1. The average molecular weight is 403 g/mol.